The van der Waals surface area contributed by atoms with E-state index in [1.54, 1.807) is 13.2 Å². The molecule has 1 aromatic heterocycles. The molecular formula is C8H10NO. The number of methoxy groups -OCH3 is 1. The van der Waals surface area contributed by atoms with Crippen molar-refractivity contribution in [1.82, 2.24) is 4.98 Å². The summed E-state index contributed by atoms with van der Waals surface area (Å²) in [6.07, 6.45) is 3.63. The van der Waals surface area contributed by atoms with Gasteiger partial charge in [-0.2, -0.15) is 0 Å². The summed E-state index contributed by atoms with van der Waals surface area (Å²) >= 11 is 0. The Morgan fingerprint density at radius 1 is 1.70 bits per heavy atom. The third-order valence-electron chi connectivity index (χ3n) is 1.23. The van der Waals surface area contributed by atoms with E-state index < -0.39 is 0 Å². The lowest BCUT2D eigenvalue weighted by atomic mass is 10.3. The van der Waals surface area contributed by atoms with E-state index in [1.165, 1.54) is 0 Å². The first-order chi connectivity index (χ1) is 4.93. The van der Waals surface area contributed by atoms with Gasteiger partial charge in [0.05, 0.1) is 12.8 Å². The fourth-order valence-electron chi connectivity index (χ4n) is 0.706. The highest BCUT2D eigenvalue weighted by atomic mass is 16.5. The summed E-state index contributed by atoms with van der Waals surface area (Å²) in [5, 5.41) is 0. The molecule has 0 spiro atoms. The van der Waals surface area contributed by atoms with Gasteiger partial charge in [0.25, 0.3) is 0 Å². The number of nitrogens with zero attached hydrogens (tertiary/aromatic N) is 1. The summed E-state index contributed by atoms with van der Waals surface area (Å²) in [4.78, 5) is 4.01. The zero-order valence-electron chi connectivity index (χ0n) is 6.00. The molecule has 0 amide bonds. The van der Waals surface area contributed by atoms with Gasteiger partial charge in [-0.15, -0.1) is 0 Å². The first-order valence-corrected chi connectivity index (χ1v) is 3.24. The first kappa shape index (κ1) is 7.22. The Morgan fingerprint density at radius 2 is 2.60 bits per heavy atom. The first-order valence-electron chi connectivity index (χ1n) is 3.24. The van der Waals surface area contributed by atoms with Gasteiger partial charge in [-0.1, -0.05) is 6.07 Å². The summed E-state index contributed by atoms with van der Waals surface area (Å²) in [6.45, 7) is 0.727. The maximum atomic E-state index is 4.89. The van der Waals surface area contributed by atoms with Crippen LogP contribution in [-0.4, -0.2) is 18.7 Å². The number of hydrogen-bond acceptors (Lipinski definition) is 2. The number of ether oxygens (including phenoxy) is 1. The quantitative estimate of drug-likeness (QED) is 0.620. The second-order valence-electron chi connectivity index (χ2n) is 2.00. The van der Waals surface area contributed by atoms with Gasteiger partial charge in [0.2, 0.25) is 0 Å². The molecule has 0 N–H and O–H groups in total. The van der Waals surface area contributed by atoms with Gasteiger partial charge in [0.15, 0.2) is 0 Å². The lowest BCUT2D eigenvalue weighted by Gasteiger charge is -1.96. The Bertz CT molecular complexity index is 174. The monoisotopic (exact) mass is 136 g/mol. The van der Waals surface area contributed by atoms with Crippen molar-refractivity contribution >= 4 is 0 Å². The molecule has 0 aliphatic heterocycles. The van der Waals surface area contributed by atoms with Crippen molar-refractivity contribution < 1.29 is 4.74 Å². The molecular weight excluding hydrogens is 126 g/mol. The minimum Gasteiger partial charge on any atom is -0.384 e. The van der Waals surface area contributed by atoms with Gasteiger partial charge in [-0.3, -0.25) is 4.98 Å². The minimum absolute atomic E-state index is 0.727. The molecule has 1 radical (unpaired) electrons. The van der Waals surface area contributed by atoms with E-state index in [0.29, 0.717) is 0 Å². The third-order valence-corrected chi connectivity index (χ3v) is 1.23. The fourth-order valence-corrected chi connectivity index (χ4v) is 0.706. The third kappa shape index (κ3) is 2.15. The highest BCUT2D eigenvalue weighted by molar-refractivity contribution is 5.02. The van der Waals surface area contributed by atoms with Crippen LogP contribution in [0.15, 0.2) is 18.2 Å². The Kier molecular flexibility index (Phi) is 2.90. The lowest BCUT2D eigenvalue weighted by Crippen LogP contribution is -1.95. The predicted octanol–water partition coefficient (Wildman–Crippen LogP) is 1.07. The van der Waals surface area contributed by atoms with Crippen molar-refractivity contribution in [3.63, 3.8) is 0 Å². The van der Waals surface area contributed by atoms with Gasteiger partial charge in [-0.25, -0.2) is 0 Å². The SMILES string of the molecule is COCCc1ccc[c]n1. The van der Waals surface area contributed by atoms with Crippen molar-refractivity contribution in [3.8, 4) is 0 Å². The fraction of sp³-hybridized carbons (Fsp3) is 0.375. The summed E-state index contributed by atoms with van der Waals surface area (Å²) in [6, 6.07) is 5.68. The molecule has 0 aliphatic rings. The van der Waals surface area contributed by atoms with E-state index in [4.69, 9.17) is 4.74 Å². The molecule has 0 fully saturated rings. The number of rotatable bonds is 3. The van der Waals surface area contributed by atoms with Crippen LogP contribution in [-0.2, 0) is 11.2 Å². The Hall–Kier alpha value is -0.890. The molecule has 1 rings (SSSR count). The molecule has 53 valence electrons. The number of aromatic nitrogens is 1. The van der Waals surface area contributed by atoms with Crippen LogP contribution in [0.2, 0.25) is 0 Å². The largest absolute Gasteiger partial charge is 0.384 e. The summed E-state index contributed by atoms with van der Waals surface area (Å²) in [5.74, 6) is 0. The average Bonchev–Trinajstić information content (AvgIpc) is 2.03. The van der Waals surface area contributed by atoms with Crippen LogP contribution in [0.4, 0.5) is 0 Å². The van der Waals surface area contributed by atoms with Crippen molar-refractivity contribution in [2.24, 2.45) is 0 Å². The van der Waals surface area contributed by atoms with E-state index in [2.05, 4.69) is 11.2 Å². The highest BCUT2D eigenvalue weighted by Gasteiger charge is 1.89. The zero-order valence-corrected chi connectivity index (χ0v) is 6.00. The molecule has 2 heteroatoms. The van der Waals surface area contributed by atoms with E-state index in [0.717, 1.165) is 18.7 Å². The van der Waals surface area contributed by atoms with Crippen LogP contribution in [0.3, 0.4) is 0 Å². The number of pyridine rings is 1. The van der Waals surface area contributed by atoms with Gasteiger partial charge in [0.1, 0.15) is 0 Å². The lowest BCUT2D eigenvalue weighted by molar-refractivity contribution is 0.201. The van der Waals surface area contributed by atoms with Crippen molar-refractivity contribution in [2.45, 2.75) is 6.42 Å². The molecule has 1 heterocycles. The molecule has 0 aromatic carbocycles. The van der Waals surface area contributed by atoms with Crippen LogP contribution in [0, 0.1) is 6.20 Å². The van der Waals surface area contributed by atoms with Crippen LogP contribution in [0.5, 0.6) is 0 Å². The highest BCUT2D eigenvalue weighted by Crippen LogP contribution is 1.93. The molecule has 0 saturated carbocycles. The average molecular weight is 136 g/mol. The van der Waals surface area contributed by atoms with Gasteiger partial charge >= 0.3 is 0 Å². The van der Waals surface area contributed by atoms with Gasteiger partial charge < -0.3 is 4.74 Å². The van der Waals surface area contributed by atoms with Gasteiger partial charge in [0, 0.05) is 19.2 Å². The summed E-state index contributed by atoms with van der Waals surface area (Å²) in [7, 11) is 1.69. The molecule has 0 bridgehead atoms. The smallest absolute Gasteiger partial charge is 0.0889 e. The van der Waals surface area contributed by atoms with Crippen LogP contribution < -0.4 is 0 Å². The second-order valence-corrected chi connectivity index (χ2v) is 2.00. The van der Waals surface area contributed by atoms with Gasteiger partial charge in [-0.05, 0) is 12.1 Å². The van der Waals surface area contributed by atoms with E-state index >= 15 is 0 Å². The normalized spacial score (nSPS) is 9.70. The molecule has 0 saturated heterocycles. The molecule has 0 aliphatic carbocycles. The minimum atomic E-state index is 0.727. The molecule has 10 heavy (non-hydrogen) atoms. The van der Waals surface area contributed by atoms with E-state index in [1.807, 2.05) is 12.1 Å². The number of hydrogen-bond donors (Lipinski definition) is 0. The topological polar surface area (TPSA) is 22.1 Å². The van der Waals surface area contributed by atoms with E-state index in [9.17, 15) is 0 Å². The summed E-state index contributed by atoms with van der Waals surface area (Å²) < 4.78 is 4.89. The van der Waals surface area contributed by atoms with Crippen molar-refractivity contribution in [1.29, 1.82) is 0 Å². The Balaban J connectivity index is 2.43. The molecule has 1 aromatic rings. The second kappa shape index (κ2) is 4.01. The summed E-state index contributed by atoms with van der Waals surface area (Å²) in [5.41, 5.74) is 1.03. The zero-order chi connectivity index (χ0) is 7.23. The maximum Gasteiger partial charge on any atom is 0.0889 e. The van der Waals surface area contributed by atoms with Crippen molar-refractivity contribution in [2.75, 3.05) is 13.7 Å². The standard InChI is InChI=1S/C8H10NO/c1-10-7-5-8-4-2-3-6-9-8/h2-4H,5,7H2,1H3. The van der Waals surface area contributed by atoms with Crippen molar-refractivity contribution in [3.05, 3.63) is 30.1 Å². The molecule has 0 atom stereocenters. The molecule has 2 nitrogen and oxygen atoms in total. The molecule has 0 unspecified atom stereocenters. The van der Waals surface area contributed by atoms with E-state index in [-0.39, 0.29) is 0 Å². The van der Waals surface area contributed by atoms with Crippen LogP contribution in [0.25, 0.3) is 0 Å². The Labute approximate surface area is 60.9 Å². The Morgan fingerprint density at radius 3 is 3.20 bits per heavy atom. The van der Waals surface area contributed by atoms with Crippen LogP contribution in [0.1, 0.15) is 5.69 Å². The predicted molar refractivity (Wildman–Crippen MR) is 38.7 cm³/mol. The maximum absolute atomic E-state index is 4.89. The van der Waals surface area contributed by atoms with Crippen LogP contribution >= 0.6 is 0 Å².